The third kappa shape index (κ3) is 1.55. The van der Waals surface area contributed by atoms with Crippen LogP contribution < -0.4 is 11.1 Å². The van der Waals surface area contributed by atoms with Crippen LogP contribution in [0.5, 0.6) is 0 Å². The van der Waals surface area contributed by atoms with Crippen molar-refractivity contribution in [1.29, 1.82) is 0 Å². The van der Waals surface area contributed by atoms with Crippen LogP contribution in [-0.4, -0.2) is 29.1 Å². The Morgan fingerprint density at radius 2 is 2.16 bits per heavy atom. The lowest BCUT2D eigenvalue weighted by Gasteiger charge is -2.60. The van der Waals surface area contributed by atoms with Gasteiger partial charge >= 0.3 is 0 Å². The highest BCUT2D eigenvalue weighted by Crippen LogP contribution is 2.58. The molecule has 102 valence electrons. The summed E-state index contributed by atoms with van der Waals surface area (Å²) in [5, 5.41) is 2.89. The molecule has 3 N–H and O–H groups in total. The fourth-order valence-corrected chi connectivity index (χ4v) is 3.51. The number of nitrogens with zero attached hydrogens (tertiary/aromatic N) is 1. The first kappa shape index (κ1) is 12.6. The molecule has 5 heteroatoms. The summed E-state index contributed by atoms with van der Waals surface area (Å²) < 4.78 is 5.69. The standard InChI is InChI=1S/C14H19N3O2/c1-13(2)11-10(5-8-19-11)14(13,15)12(18)17-9-3-6-16-7-4-9/h3-4,6-7,10-11H,5,8,15H2,1-2H3,(H,16,17,18). The minimum Gasteiger partial charge on any atom is -0.377 e. The van der Waals surface area contributed by atoms with Crippen molar-refractivity contribution in [2.45, 2.75) is 31.9 Å². The summed E-state index contributed by atoms with van der Waals surface area (Å²) in [5.41, 5.74) is 5.97. The minimum absolute atomic E-state index is 0.0979. The lowest BCUT2D eigenvalue weighted by molar-refractivity contribution is -0.170. The number of hydrogen-bond acceptors (Lipinski definition) is 4. The third-order valence-electron chi connectivity index (χ3n) is 4.77. The molecule has 0 bridgehead atoms. The molecule has 3 atom stereocenters. The fourth-order valence-electron chi connectivity index (χ4n) is 3.51. The number of hydrogen-bond donors (Lipinski definition) is 2. The van der Waals surface area contributed by atoms with E-state index in [1.54, 1.807) is 24.5 Å². The van der Waals surface area contributed by atoms with Crippen LogP contribution in [-0.2, 0) is 9.53 Å². The van der Waals surface area contributed by atoms with Crippen LogP contribution in [0.4, 0.5) is 5.69 Å². The van der Waals surface area contributed by atoms with Crippen LogP contribution in [0.1, 0.15) is 20.3 Å². The van der Waals surface area contributed by atoms with Crippen LogP contribution in [0.25, 0.3) is 0 Å². The number of aromatic nitrogens is 1. The second-order valence-corrected chi connectivity index (χ2v) is 5.97. The number of nitrogens with two attached hydrogens (primary N) is 1. The number of carbonyl (C=O) groups excluding carboxylic acids is 1. The molecule has 3 unspecified atom stereocenters. The predicted octanol–water partition coefficient (Wildman–Crippen LogP) is 1.16. The van der Waals surface area contributed by atoms with Gasteiger partial charge in [-0.25, -0.2) is 0 Å². The quantitative estimate of drug-likeness (QED) is 0.837. The van der Waals surface area contributed by atoms with Gasteiger partial charge in [-0.15, -0.1) is 0 Å². The molecular formula is C14H19N3O2. The van der Waals surface area contributed by atoms with Crippen molar-refractivity contribution in [3.05, 3.63) is 24.5 Å². The zero-order chi connectivity index (χ0) is 13.7. The molecule has 5 nitrogen and oxygen atoms in total. The van der Waals surface area contributed by atoms with Crippen molar-refractivity contribution in [3.63, 3.8) is 0 Å². The Bertz CT molecular complexity index is 503. The molecule has 0 aromatic carbocycles. The molecule has 1 aliphatic heterocycles. The first-order chi connectivity index (χ1) is 8.98. The molecule has 1 saturated heterocycles. The summed E-state index contributed by atoms with van der Waals surface area (Å²) in [7, 11) is 0. The molecule has 0 radical (unpaired) electrons. The van der Waals surface area contributed by atoms with Crippen molar-refractivity contribution >= 4 is 11.6 Å². The summed E-state index contributed by atoms with van der Waals surface area (Å²) in [5.74, 6) is -0.0141. The number of pyridine rings is 1. The smallest absolute Gasteiger partial charge is 0.245 e. The molecule has 1 amide bonds. The lowest BCUT2D eigenvalue weighted by Crippen LogP contribution is -2.79. The Kier molecular flexibility index (Phi) is 2.66. The van der Waals surface area contributed by atoms with Gasteiger partial charge in [0.15, 0.2) is 0 Å². The van der Waals surface area contributed by atoms with E-state index in [1.807, 2.05) is 13.8 Å². The zero-order valence-corrected chi connectivity index (χ0v) is 11.2. The van der Waals surface area contributed by atoms with Crippen LogP contribution in [0.15, 0.2) is 24.5 Å². The van der Waals surface area contributed by atoms with Crippen molar-refractivity contribution < 1.29 is 9.53 Å². The van der Waals surface area contributed by atoms with E-state index >= 15 is 0 Å². The van der Waals surface area contributed by atoms with Gasteiger partial charge in [-0.1, -0.05) is 13.8 Å². The Labute approximate surface area is 112 Å². The Hall–Kier alpha value is -1.46. The Balaban J connectivity index is 1.83. The van der Waals surface area contributed by atoms with E-state index in [2.05, 4.69) is 10.3 Å². The predicted molar refractivity (Wildman–Crippen MR) is 71.4 cm³/mol. The molecule has 1 aromatic heterocycles. The number of nitrogens with one attached hydrogen (secondary N) is 1. The Morgan fingerprint density at radius 1 is 1.47 bits per heavy atom. The van der Waals surface area contributed by atoms with E-state index in [4.69, 9.17) is 10.5 Å². The van der Waals surface area contributed by atoms with Crippen molar-refractivity contribution in [2.24, 2.45) is 17.1 Å². The second kappa shape index (κ2) is 4.02. The average molecular weight is 261 g/mol. The average Bonchev–Trinajstić information content (AvgIpc) is 2.87. The van der Waals surface area contributed by atoms with Crippen LogP contribution >= 0.6 is 0 Å². The van der Waals surface area contributed by atoms with Gasteiger partial charge in [0.2, 0.25) is 5.91 Å². The van der Waals surface area contributed by atoms with Crippen molar-refractivity contribution in [3.8, 4) is 0 Å². The molecule has 2 aliphatic rings. The molecule has 3 rings (SSSR count). The first-order valence-corrected chi connectivity index (χ1v) is 6.60. The van der Waals surface area contributed by atoms with Gasteiger partial charge < -0.3 is 15.8 Å². The highest BCUT2D eigenvalue weighted by Gasteiger charge is 2.71. The van der Waals surface area contributed by atoms with Gasteiger partial charge in [0.1, 0.15) is 5.54 Å². The van der Waals surface area contributed by atoms with Crippen LogP contribution in [0.2, 0.25) is 0 Å². The molecular weight excluding hydrogens is 242 g/mol. The van der Waals surface area contributed by atoms with Crippen molar-refractivity contribution in [2.75, 3.05) is 11.9 Å². The summed E-state index contributed by atoms with van der Waals surface area (Å²) in [6.07, 6.45) is 4.24. The Morgan fingerprint density at radius 3 is 2.84 bits per heavy atom. The van der Waals surface area contributed by atoms with Gasteiger partial charge in [0.05, 0.1) is 6.10 Å². The first-order valence-electron chi connectivity index (χ1n) is 6.60. The number of anilines is 1. The largest absolute Gasteiger partial charge is 0.377 e. The minimum atomic E-state index is -0.864. The number of rotatable bonds is 2. The number of ether oxygens (including phenoxy) is 1. The monoisotopic (exact) mass is 261 g/mol. The maximum absolute atomic E-state index is 12.6. The van der Waals surface area contributed by atoms with E-state index < -0.39 is 5.54 Å². The van der Waals surface area contributed by atoms with Crippen molar-refractivity contribution in [1.82, 2.24) is 4.98 Å². The van der Waals surface area contributed by atoms with E-state index in [1.165, 1.54) is 0 Å². The van der Waals surface area contributed by atoms with Gasteiger partial charge in [-0.05, 0) is 18.6 Å². The van der Waals surface area contributed by atoms with Gasteiger partial charge in [0, 0.05) is 36.0 Å². The number of fused-ring (bicyclic) bond motifs is 1. The summed E-state index contributed by atoms with van der Waals surface area (Å²) in [6.45, 7) is 4.71. The second-order valence-electron chi connectivity index (χ2n) is 5.97. The maximum atomic E-state index is 12.6. The fraction of sp³-hybridized carbons (Fsp3) is 0.571. The maximum Gasteiger partial charge on any atom is 0.245 e. The van der Waals surface area contributed by atoms with E-state index in [0.29, 0.717) is 6.61 Å². The number of carbonyl (C=O) groups is 1. The highest BCUT2D eigenvalue weighted by molar-refractivity contribution is 6.00. The zero-order valence-electron chi connectivity index (χ0n) is 11.2. The van der Waals surface area contributed by atoms with Gasteiger partial charge in [-0.2, -0.15) is 0 Å². The van der Waals surface area contributed by atoms with E-state index in [9.17, 15) is 4.79 Å². The normalized spacial score (nSPS) is 35.3. The van der Waals surface area contributed by atoms with E-state index in [0.717, 1.165) is 12.1 Å². The highest BCUT2D eigenvalue weighted by atomic mass is 16.5. The topological polar surface area (TPSA) is 77.2 Å². The lowest BCUT2D eigenvalue weighted by atomic mass is 9.48. The van der Waals surface area contributed by atoms with Crippen LogP contribution in [0, 0.1) is 11.3 Å². The number of amides is 1. The molecule has 1 aliphatic carbocycles. The van der Waals surface area contributed by atoms with Crippen LogP contribution in [0.3, 0.4) is 0 Å². The van der Waals surface area contributed by atoms with Gasteiger partial charge in [0.25, 0.3) is 0 Å². The molecule has 2 heterocycles. The van der Waals surface area contributed by atoms with Gasteiger partial charge in [-0.3, -0.25) is 9.78 Å². The molecule has 1 saturated carbocycles. The summed E-state index contributed by atoms with van der Waals surface area (Å²) in [4.78, 5) is 16.5. The SMILES string of the molecule is CC1(C)C2OCCC2C1(N)C(=O)Nc1ccncc1. The molecule has 19 heavy (non-hydrogen) atoms. The summed E-state index contributed by atoms with van der Waals surface area (Å²) in [6, 6.07) is 3.52. The molecule has 0 spiro atoms. The molecule has 2 fully saturated rings. The van der Waals surface area contributed by atoms with E-state index in [-0.39, 0.29) is 23.3 Å². The summed E-state index contributed by atoms with van der Waals surface area (Å²) >= 11 is 0. The third-order valence-corrected chi connectivity index (χ3v) is 4.77. The molecule has 1 aromatic rings.